The van der Waals surface area contributed by atoms with Gasteiger partial charge in [0.2, 0.25) is 0 Å². The number of aromatic nitrogens is 2. The van der Waals surface area contributed by atoms with Gasteiger partial charge in [-0.3, -0.25) is 14.5 Å². The number of amides is 1. The molecule has 4 rings (SSSR count). The Labute approximate surface area is 168 Å². The maximum Gasteiger partial charge on any atom is 0.274 e. The first-order valence-electron chi connectivity index (χ1n) is 9.75. The minimum Gasteiger partial charge on any atom is -0.379 e. The van der Waals surface area contributed by atoms with Gasteiger partial charge in [0.15, 0.2) is 5.69 Å². The van der Waals surface area contributed by atoms with E-state index in [0.29, 0.717) is 30.5 Å². The Bertz CT molecular complexity index is 1060. The molecule has 1 amide bonds. The summed E-state index contributed by atoms with van der Waals surface area (Å²) in [5.41, 5.74) is 1.07. The summed E-state index contributed by atoms with van der Waals surface area (Å²) in [6.07, 6.45) is 0. The van der Waals surface area contributed by atoms with E-state index in [9.17, 15) is 9.59 Å². The zero-order chi connectivity index (χ0) is 20.2. The summed E-state index contributed by atoms with van der Waals surface area (Å²) in [6.45, 7) is 3.74. The smallest absolute Gasteiger partial charge is 0.274 e. The van der Waals surface area contributed by atoms with E-state index in [0.717, 1.165) is 18.7 Å². The van der Waals surface area contributed by atoms with Gasteiger partial charge in [0, 0.05) is 32.1 Å². The molecule has 2 heterocycles. The van der Waals surface area contributed by atoms with Crippen LogP contribution in [0.15, 0.2) is 59.4 Å². The molecule has 1 fully saturated rings. The van der Waals surface area contributed by atoms with Crippen molar-refractivity contribution >= 4 is 16.7 Å². The van der Waals surface area contributed by atoms with E-state index in [4.69, 9.17) is 4.74 Å². The van der Waals surface area contributed by atoms with Crippen LogP contribution >= 0.6 is 0 Å². The minimum atomic E-state index is -0.293. The molecule has 1 aliphatic heterocycles. The van der Waals surface area contributed by atoms with Crippen molar-refractivity contribution in [3.05, 3.63) is 76.2 Å². The largest absolute Gasteiger partial charge is 0.379 e. The number of hydrogen-bond acceptors (Lipinski definition) is 5. The third-order valence-corrected chi connectivity index (χ3v) is 5.22. The maximum absolute atomic E-state index is 13.2. The molecule has 0 radical (unpaired) electrons. The van der Waals surface area contributed by atoms with Gasteiger partial charge in [0.25, 0.3) is 11.5 Å². The van der Waals surface area contributed by atoms with E-state index >= 15 is 0 Å². The lowest BCUT2D eigenvalue weighted by Gasteiger charge is -2.31. The summed E-state index contributed by atoms with van der Waals surface area (Å²) >= 11 is 0. The number of benzene rings is 2. The third kappa shape index (κ3) is 4.21. The first-order chi connectivity index (χ1) is 14.1. The second-order valence-electron chi connectivity index (χ2n) is 7.17. The number of aryl methyl sites for hydroxylation is 1. The van der Waals surface area contributed by atoms with Crippen LogP contribution in [0.2, 0.25) is 0 Å². The first kappa shape index (κ1) is 19.3. The molecule has 150 valence electrons. The summed E-state index contributed by atoms with van der Waals surface area (Å²) in [7, 11) is 1.56. The fourth-order valence-corrected chi connectivity index (χ4v) is 3.66. The van der Waals surface area contributed by atoms with Gasteiger partial charge in [-0.15, -0.1) is 0 Å². The van der Waals surface area contributed by atoms with Crippen LogP contribution in [0.3, 0.4) is 0 Å². The molecule has 0 spiro atoms. The van der Waals surface area contributed by atoms with Gasteiger partial charge in [0.1, 0.15) is 0 Å². The number of rotatable bonds is 5. The summed E-state index contributed by atoms with van der Waals surface area (Å²) in [5.74, 6) is -0.293. The van der Waals surface area contributed by atoms with Crippen LogP contribution in [0.4, 0.5) is 0 Å². The average Bonchev–Trinajstić information content (AvgIpc) is 2.77. The van der Waals surface area contributed by atoms with Crippen molar-refractivity contribution in [1.29, 1.82) is 0 Å². The van der Waals surface area contributed by atoms with Gasteiger partial charge in [-0.05, 0) is 11.6 Å². The van der Waals surface area contributed by atoms with Crippen molar-refractivity contribution < 1.29 is 9.53 Å². The number of nitrogens with one attached hydrogen (secondary N) is 1. The van der Waals surface area contributed by atoms with Gasteiger partial charge >= 0.3 is 0 Å². The zero-order valence-corrected chi connectivity index (χ0v) is 16.4. The highest BCUT2D eigenvalue weighted by molar-refractivity contribution is 6.04. The quantitative estimate of drug-likeness (QED) is 0.716. The molecule has 29 heavy (non-hydrogen) atoms. The fraction of sp³-hybridized carbons (Fsp3) is 0.318. The molecule has 1 saturated heterocycles. The van der Waals surface area contributed by atoms with Crippen LogP contribution in [0, 0.1) is 0 Å². The molecule has 0 unspecified atom stereocenters. The van der Waals surface area contributed by atoms with Crippen LogP contribution < -0.4 is 10.9 Å². The Morgan fingerprint density at radius 2 is 1.72 bits per heavy atom. The summed E-state index contributed by atoms with van der Waals surface area (Å²) < 4.78 is 6.66. The number of fused-ring (bicyclic) bond motifs is 1. The highest BCUT2D eigenvalue weighted by atomic mass is 16.5. The molecular formula is C22H24N4O3. The van der Waals surface area contributed by atoms with Crippen LogP contribution in [0.1, 0.15) is 22.1 Å². The summed E-state index contributed by atoms with van der Waals surface area (Å²) in [6, 6.07) is 16.8. The number of ether oxygens (including phenoxy) is 1. The molecule has 3 aromatic rings. The highest BCUT2D eigenvalue weighted by Crippen LogP contribution is 2.18. The van der Waals surface area contributed by atoms with Gasteiger partial charge in [-0.1, -0.05) is 48.5 Å². The van der Waals surface area contributed by atoms with Gasteiger partial charge in [-0.25, -0.2) is 4.68 Å². The molecule has 0 aliphatic carbocycles. The van der Waals surface area contributed by atoms with Crippen molar-refractivity contribution in [2.24, 2.45) is 7.05 Å². The van der Waals surface area contributed by atoms with E-state index in [1.165, 1.54) is 4.68 Å². The molecule has 2 aromatic carbocycles. The van der Waals surface area contributed by atoms with Crippen LogP contribution in [0.5, 0.6) is 0 Å². The summed E-state index contributed by atoms with van der Waals surface area (Å²) in [5, 5.41) is 8.44. The van der Waals surface area contributed by atoms with E-state index in [1.54, 1.807) is 25.2 Å². The maximum atomic E-state index is 13.2. The Morgan fingerprint density at radius 1 is 1.07 bits per heavy atom. The zero-order valence-electron chi connectivity index (χ0n) is 16.4. The van der Waals surface area contributed by atoms with Crippen LogP contribution in [-0.4, -0.2) is 53.4 Å². The van der Waals surface area contributed by atoms with E-state index in [1.807, 2.05) is 36.4 Å². The van der Waals surface area contributed by atoms with Gasteiger partial charge in [-0.2, -0.15) is 5.10 Å². The average molecular weight is 392 g/mol. The standard InChI is InChI=1S/C22H24N4O3/c1-25-22(28)18-10-6-5-9-17(18)20(24-25)21(27)23-19(16-7-3-2-4-8-16)15-26-11-13-29-14-12-26/h2-10,19H,11-15H2,1H3,(H,23,27)/t19-/m1/s1. The lowest BCUT2D eigenvalue weighted by atomic mass is 10.0. The van der Waals surface area contributed by atoms with E-state index in [-0.39, 0.29) is 23.2 Å². The number of carbonyl (C=O) groups excluding carboxylic acids is 1. The van der Waals surface area contributed by atoms with Crippen molar-refractivity contribution in [3.8, 4) is 0 Å². The third-order valence-electron chi connectivity index (χ3n) is 5.22. The SMILES string of the molecule is Cn1nc(C(=O)N[C@H](CN2CCOCC2)c2ccccc2)c2ccccc2c1=O. The molecule has 1 N–H and O–H groups in total. The Morgan fingerprint density at radius 3 is 2.45 bits per heavy atom. The van der Waals surface area contributed by atoms with Crippen LogP contribution in [-0.2, 0) is 11.8 Å². The Kier molecular flexibility index (Phi) is 5.69. The second-order valence-corrected chi connectivity index (χ2v) is 7.17. The monoisotopic (exact) mass is 392 g/mol. The van der Waals surface area contributed by atoms with E-state index in [2.05, 4.69) is 15.3 Å². The molecule has 0 saturated carbocycles. The van der Waals surface area contributed by atoms with Crippen molar-refractivity contribution in [2.45, 2.75) is 6.04 Å². The molecule has 7 heteroatoms. The normalized spacial score (nSPS) is 15.9. The Hall–Kier alpha value is -3.03. The minimum absolute atomic E-state index is 0.195. The predicted octanol–water partition coefficient (Wildman–Crippen LogP) is 1.74. The molecule has 1 atom stereocenters. The van der Waals surface area contributed by atoms with Crippen molar-refractivity contribution in [3.63, 3.8) is 0 Å². The summed E-state index contributed by atoms with van der Waals surface area (Å²) in [4.78, 5) is 27.9. The van der Waals surface area contributed by atoms with Crippen molar-refractivity contribution in [1.82, 2.24) is 20.0 Å². The second kappa shape index (κ2) is 8.55. The number of nitrogens with zero attached hydrogens (tertiary/aromatic N) is 3. The number of morpholine rings is 1. The lowest BCUT2D eigenvalue weighted by Crippen LogP contribution is -2.43. The molecule has 1 aliphatic rings. The van der Waals surface area contributed by atoms with E-state index < -0.39 is 0 Å². The molecule has 0 bridgehead atoms. The van der Waals surface area contributed by atoms with Gasteiger partial charge < -0.3 is 10.1 Å². The first-order valence-corrected chi connectivity index (χ1v) is 9.75. The number of hydrogen-bond donors (Lipinski definition) is 1. The molecule has 1 aromatic heterocycles. The fourth-order valence-electron chi connectivity index (χ4n) is 3.66. The highest BCUT2D eigenvalue weighted by Gasteiger charge is 2.23. The predicted molar refractivity (Wildman–Crippen MR) is 111 cm³/mol. The van der Waals surface area contributed by atoms with Crippen LogP contribution in [0.25, 0.3) is 10.8 Å². The lowest BCUT2D eigenvalue weighted by molar-refractivity contribution is 0.0332. The van der Waals surface area contributed by atoms with Gasteiger partial charge in [0.05, 0.1) is 24.6 Å². The molecular weight excluding hydrogens is 368 g/mol. The topological polar surface area (TPSA) is 76.5 Å². The number of carbonyl (C=O) groups is 1. The Balaban J connectivity index is 1.65. The van der Waals surface area contributed by atoms with Crippen molar-refractivity contribution in [2.75, 3.05) is 32.8 Å². The molecule has 7 nitrogen and oxygen atoms in total.